The quantitative estimate of drug-likeness (QED) is 0.629. The molecule has 0 N–H and O–H groups in total. The molecule has 1 aromatic heterocycles. The van der Waals surface area contributed by atoms with Crippen LogP contribution in [0.4, 0.5) is 0 Å². The molecule has 0 saturated carbocycles. The number of nitrogens with zero attached hydrogens (tertiary/aromatic N) is 3. The predicted molar refractivity (Wildman–Crippen MR) is 76.8 cm³/mol. The molecule has 0 atom stereocenters. The Kier molecular flexibility index (Phi) is 3.56. The Morgan fingerprint density at radius 1 is 1.35 bits per heavy atom. The molecule has 0 aliphatic heterocycles. The second kappa shape index (κ2) is 5.16. The van der Waals surface area contributed by atoms with E-state index in [1.807, 2.05) is 0 Å². The van der Waals surface area contributed by atoms with Crippen molar-refractivity contribution in [3.8, 4) is 0 Å². The van der Waals surface area contributed by atoms with Crippen molar-refractivity contribution in [1.29, 1.82) is 0 Å². The van der Waals surface area contributed by atoms with Gasteiger partial charge < -0.3 is 14.8 Å². The van der Waals surface area contributed by atoms with Crippen molar-refractivity contribution in [2.75, 3.05) is 14.1 Å². The number of fused-ring (bicyclic) bond motifs is 1. The summed E-state index contributed by atoms with van der Waals surface area (Å²) < 4.78 is 1.13. The molecule has 104 valence electrons. The third-order valence-electron chi connectivity index (χ3n) is 2.85. The number of para-hydroxylation sites is 2. The second-order valence-electron chi connectivity index (χ2n) is 4.65. The fraction of sp³-hybridized carbons (Fsp3) is 0.214. The van der Waals surface area contributed by atoms with Gasteiger partial charge in [0, 0.05) is 38.2 Å². The Balaban J connectivity index is 2.90. The fourth-order valence-electron chi connectivity index (χ4n) is 1.95. The van der Waals surface area contributed by atoms with E-state index in [1.54, 1.807) is 43.4 Å². The van der Waals surface area contributed by atoms with Gasteiger partial charge in [0.25, 0.3) is 5.52 Å². The van der Waals surface area contributed by atoms with E-state index >= 15 is 0 Å². The number of aromatic nitrogens is 2. The summed E-state index contributed by atoms with van der Waals surface area (Å²) in [5.41, 5.74) is 0.289. The molecule has 0 fully saturated rings. The topological polar surface area (TPSA) is 71.3 Å². The van der Waals surface area contributed by atoms with Crippen LogP contribution in [0.1, 0.15) is 23.1 Å². The first-order valence-corrected chi connectivity index (χ1v) is 6.07. The largest absolute Gasteiger partial charge is 0.805 e. The highest BCUT2D eigenvalue weighted by molar-refractivity contribution is 5.95. The van der Waals surface area contributed by atoms with Gasteiger partial charge in [0.15, 0.2) is 0 Å². The van der Waals surface area contributed by atoms with Gasteiger partial charge in [0.2, 0.25) is 5.78 Å². The van der Waals surface area contributed by atoms with Gasteiger partial charge in [-0.05, 0) is 12.1 Å². The summed E-state index contributed by atoms with van der Waals surface area (Å²) in [4.78, 5) is 25.7. The molecule has 0 aliphatic rings. The number of benzene rings is 1. The van der Waals surface area contributed by atoms with E-state index in [2.05, 4.69) is 0 Å². The van der Waals surface area contributed by atoms with Crippen molar-refractivity contribution >= 4 is 22.9 Å². The zero-order valence-corrected chi connectivity index (χ0v) is 11.5. The maximum absolute atomic E-state index is 12.4. The highest BCUT2D eigenvalue weighted by atomic mass is 16.5. The standard InChI is InChI=1S/C14H15N3O3/c1-10(18)14-13(8-9-15(2)3)16(19)11-6-4-5-7-12(11)17(14)20/h4-9H,1-3H3/b9-8+. The summed E-state index contributed by atoms with van der Waals surface area (Å²) in [6, 6.07) is 6.38. The lowest BCUT2D eigenvalue weighted by Crippen LogP contribution is -2.29. The Bertz CT molecular complexity index is 760. The number of carbonyl (C=O) groups excluding carboxylic acids is 1. The van der Waals surface area contributed by atoms with Gasteiger partial charge in [-0.25, -0.2) is 0 Å². The zero-order chi connectivity index (χ0) is 14.9. The minimum absolute atomic E-state index is 0.0416. The summed E-state index contributed by atoms with van der Waals surface area (Å²) in [6.07, 6.45) is 3.08. The molecule has 1 aromatic carbocycles. The van der Waals surface area contributed by atoms with Gasteiger partial charge >= 0.3 is 5.69 Å². The Hall–Kier alpha value is -2.63. The van der Waals surface area contributed by atoms with Crippen LogP contribution < -0.4 is 4.43 Å². The lowest BCUT2D eigenvalue weighted by Gasteiger charge is -2.16. The molecule has 0 unspecified atom stereocenters. The number of ketones is 1. The van der Waals surface area contributed by atoms with E-state index in [4.69, 9.17) is 0 Å². The van der Waals surface area contributed by atoms with Gasteiger partial charge in [-0.15, -0.1) is 0 Å². The second-order valence-corrected chi connectivity index (χ2v) is 4.65. The molecule has 0 spiro atoms. The summed E-state index contributed by atoms with van der Waals surface area (Å²) in [5.74, 6) is -0.450. The average Bonchev–Trinajstić information content (AvgIpc) is 2.40. The van der Waals surface area contributed by atoms with E-state index in [1.165, 1.54) is 19.1 Å². The summed E-state index contributed by atoms with van der Waals surface area (Å²) in [6.45, 7) is 1.27. The van der Waals surface area contributed by atoms with Crippen molar-refractivity contribution in [3.63, 3.8) is 0 Å². The molecule has 0 amide bonds. The summed E-state index contributed by atoms with van der Waals surface area (Å²) >= 11 is 0. The van der Waals surface area contributed by atoms with Gasteiger partial charge in [0.1, 0.15) is 11.2 Å². The highest BCUT2D eigenvalue weighted by Gasteiger charge is 2.24. The van der Waals surface area contributed by atoms with Crippen molar-refractivity contribution in [2.45, 2.75) is 6.92 Å². The zero-order valence-electron chi connectivity index (χ0n) is 11.5. The van der Waals surface area contributed by atoms with Gasteiger partial charge in [-0.1, -0.05) is 12.1 Å². The van der Waals surface area contributed by atoms with Crippen LogP contribution in [0.15, 0.2) is 30.5 Å². The lowest BCUT2D eigenvalue weighted by atomic mass is 10.2. The van der Waals surface area contributed by atoms with Gasteiger partial charge in [0.05, 0.1) is 4.43 Å². The van der Waals surface area contributed by atoms with E-state index in [0.29, 0.717) is 9.16 Å². The number of Topliss-reactive ketones (excluding diaryl/α,β-unsaturated/α-hetero) is 1. The third-order valence-corrected chi connectivity index (χ3v) is 2.85. The average molecular weight is 273 g/mol. The van der Waals surface area contributed by atoms with E-state index < -0.39 is 5.78 Å². The maximum atomic E-state index is 12.4. The van der Waals surface area contributed by atoms with Crippen molar-refractivity contribution in [1.82, 2.24) is 9.63 Å². The van der Waals surface area contributed by atoms with E-state index in [-0.39, 0.29) is 22.4 Å². The van der Waals surface area contributed by atoms with Gasteiger partial charge in [-0.3, -0.25) is 4.79 Å². The third kappa shape index (κ3) is 2.27. The molecule has 0 bridgehead atoms. The van der Waals surface area contributed by atoms with Crippen LogP contribution in [0.3, 0.4) is 0 Å². The summed E-state index contributed by atoms with van der Waals surface area (Å²) in [5, 5.41) is 12.4. The molecular formula is C14H15N3O3. The Morgan fingerprint density at radius 3 is 2.60 bits per heavy atom. The Labute approximate surface area is 115 Å². The Morgan fingerprint density at radius 2 is 2.00 bits per heavy atom. The molecule has 6 heteroatoms. The van der Waals surface area contributed by atoms with Crippen LogP contribution in [-0.4, -0.2) is 29.5 Å². The molecule has 2 aromatic rings. The number of rotatable bonds is 3. The van der Waals surface area contributed by atoms with Crippen LogP contribution in [-0.2, 0) is 0 Å². The van der Waals surface area contributed by atoms with Crippen LogP contribution in [0.5, 0.6) is 0 Å². The molecule has 2 rings (SSSR count). The molecule has 6 nitrogen and oxygen atoms in total. The van der Waals surface area contributed by atoms with Crippen LogP contribution in [0, 0.1) is 10.1 Å². The van der Waals surface area contributed by atoms with Crippen LogP contribution >= 0.6 is 0 Å². The first-order valence-electron chi connectivity index (χ1n) is 6.07. The molecule has 1 heterocycles. The van der Waals surface area contributed by atoms with Gasteiger partial charge in [-0.2, -0.15) is 0 Å². The first kappa shape index (κ1) is 13.8. The number of carbonyl (C=O) groups is 1. The van der Waals surface area contributed by atoms with Crippen molar-refractivity contribution < 1.29 is 9.22 Å². The van der Waals surface area contributed by atoms with E-state index in [9.17, 15) is 14.9 Å². The molecule has 0 aliphatic carbocycles. The fourth-order valence-corrected chi connectivity index (χ4v) is 1.95. The first-order chi connectivity index (χ1) is 9.43. The lowest BCUT2D eigenvalue weighted by molar-refractivity contribution is -0.467. The van der Waals surface area contributed by atoms with Crippen molar-refractivity contribution in [2.24, 2.45) is 0 Å². The van der Waals surface area contributed by atoms with Crippen LogP contribution in [0.25, 0.3) is 17.1 Å². The maximum Gasteiger partial charge on any atom is 0.329 e. The number of hydrogen-bond donors (Lipinski definition) is 0. The monoisotopic (exact) mass is 273 g/mol. The predicted octanol–water partition coefficient (Wildman–Crippen LogP) is 1.64. The summed E-state index contributed by atoms with van der Waals surface area (Å²) in [7, 11) is 3.57. The highest BCUT2D eigenvalue weighted by Crippen LogP contribution is 2.16. The smallest absolute Gasteiger partial charge is 0.329 e. The van der Waals surface area contributed by atoms with E-state index in [0.717, 1.165) is 0 Å². The van der Waals surface area contributed by atoms with Crippen molar-refractivity contribution in [3.05, 3.63) is 52.0 Å². The van der Waals surface area contributed by atoms with Crippen LogP contribution in [0.2, 0.25) is 0 Å². The minimum atomic E-state index is -0.450. The molecule has 0 radical (unpaired) electrons. The number of hydrogen-bond acceptors (Lipinski definition) is 4. The minimum Gasteiger partial charge on any atom is -0.805 e. The SMILES string of the molecule is CC(=O)c1c(/C=C/N(C)C)n([O-])c2ccccc2[n+]1=O. The normalized spacial score (nSPS) is 11.2. The molecular weight excluding hydrogens is 258 g/mol. The molecule has 20 heavy (non-hydrogen) atoms. The molecule has 0 saturated heterocycles.